The van der Waals surface area contributed by atoms with Gasteiger partial charge in [-0.25, -0.2) is 26.9 Å². The normalized spacial score (nSPS) is 16.2. The number of nitrogens with one attached hydrogen (secondary N) is 2. The molecule has 5 aromatic rings. The molecule has 1 saturated heterocycles. The van der Waals surface area contributed by atoms with E-state index in [0.717, 1.165) is 12.3 Å². The number of nitriles is 1. The molecule has 0 saturated carbocycles. The zero-order chi connectivity index (χ0) is 30.5. The monoisotopic (exact) mass is 611 g/mol. The summed E-state index contributed by atoms with van der Waals surface area (Å²) in [6, 6.07) is 8.72. The van der Waals surface area contributed by atoms with E-state index >= 15 is 0 Å². The fraction of sp³-hybridized carbons (Fsp3) is 0.148. The third-order valence-electron chi connectivity index (χ3n) is 6.55. The van der Waals surface area contributed by atoms with Gasteiger partial charge in [0.05, 0.1) is 64.8 Å². The summed E-state index contributed by atoms with van der Waals surface area (Å²) in [6.07, 6.45) is 3.77. The lowest BCUT2D eigenvalue weighted by atomic mass is 10.0. The highest BCUT2D eigenvalue weighted by atomic mass is 35.5. The lowest BCUT2D eigenvalue weighted by Crippen LogP contribution is -2.38. The quantitative estimate of drug-likeness (QED) is 0.241. The Morgan fingerprint density at radius 2 is 1.86 bits per heavy atom. The number of anilines is 3. The standard InChI is InChI=1S/C27H18ClF3N8O2S/c28-21-6-17(5-20-24(15(8-32)9-33-26(20)21)36-18-7-22(30)27(31)34-10-18)35-25(14-1-3-16(29)4-2-14)23-11-39(38-37-23)19-12-42(40,41)13-19/h1-7,9-11,19,25,35H,12-13H2,(H,33,36)/i25D. The number of rotatable bonds is 7. The van der Waals surface area contributed by atoms with Crippen molar-refractivity contribution in [1.29, 1.82) is 5.26 Å². The Morgan fingerprint density at radius 1 is 1.10 bits per heavy atom. The minimum Gasteiger partial charge on any atom is -0.373 e. The third kappa shape index (κ3) is 5.31. The van der Waals surface area contributed by atoms with Crippen LogP contribution in [0.3, 0.4) is 0 Å². The minimum atomic E-state index is -3.16. The van der Waals surface area contributed by atoms with Gasteiger partial charge in [0.2, 0.25) is 5.95 Å². The van der Waals surface area contributed by atoms with Crippen molar-refractivity contribution < 1.29 is 23.0 Å². The predicted molar refractivity (Wildman–Crippen MR) is 148 cm³/mol. The Kier molecular flexibility index (Phi) is 6.60. The molecule has 6 rings (SSSR count). The Bertz CT molecular complexity index is 2040. The van der Waals surface area contributed by atoms with E-state index in [1.165, 1.54) is 47.4 Å². The van der Waals surface area contributed by atoms with Crippen LogP contribution in [0.5, 0.6) is 0 Å². The zero-order valence-corrected chi connectivity index (χ0v) is 22.8. The molecule has 1 unspecified atom stereocenters. The Balaban J connectivity index is 1.45. The molecule has 0 radical (unpaired) electrons. The van der Waals surface area contributed by atoms with Crippen LogP contribution >= 0.6 is 11.6 Å². The second-order valence-electron chi connectivity index (χ2n) is 9.46. The molecule has 1 atom stereocenters. The number of hydrogen-bond donors (Lipinski definition) is 2. The van der Waals surface area contributed by atoms with Gasteiger partial charge in [0, 0.05) is 23.3 Å². The second kappa shape index (κ2) is 10.6. The smallest absolute Gasteiger partial charge is 0.249 e. The van der Waals surface area contributed by atoms with E-state index in [0.29, 0.717) is 5.39 Å². The Hall–Kier alpha value is -4.74. The van der Waals surface area contributed by atoms with Crippen LogP contribution in [0.25, 0.3) is 10.9 Å². The molecule has 0 spiro atoms. The first-order valence-electron chi connectivity index (χ1n) is 12.7. The molecule has 212 valence electrons. The molecule has 1 fully saturated rings. The van der Waals surface area contributed by atoms with Crippen molar-refractivity contribution in [2.24, 2.45) is 0 Å². The lowest BCUT2D eigenvalue weighted by molar-refractivity contribution is 0.463. The number of benzene rings is 2. The maximum atomic E-state index is 13.9. The average Bonchev–Trinajstić information content (AvgIpc) is 3.45. The van der Waals surface area contributed by atoms with Crippen molar-refractivity contribution in [2.75, 3.05) is 22.1 Å². The number of sulfone groups is 1. The topological polar surface area (TPSA) is 138 Å². The SMILES string of the molecule is [2H]C(Nc1cc(Cl)c2ncc(C#N)c(Nc3cnc(F)c(F)c3)c2c1)(c1ccc(F)cc1)c1cn(C2CS(=O)(=O)C2)nn1. The van der Waals surface area contributed by atoms with Crippen molar-refractivity contribution in [3.63, 3.8) is 0 Å². The summed E-state index contributed by atoms with van der Waals surface area (Å²) in [5.41, 5.74) is 1.14. The highest BCUT2D eigenvalue weighted by Gasteiger charge is 2.36. The van der Waals surface area contributed by atoms with Crippen LogP contribution in [0.15, 0.2) is 61.1 Å². The van der Waals surface area contributed by atoms with Crippen LogP contribution in [0, 0.1) is 28.9 Å². The summed E-state index contributed by atoms with van der Waals surface area (Å²) in [7, 11) is -3.16. The number of pyridine rings is 2. The maximum absolute atomic E-state index is 13.9. The third-order valence-corrected chi connectivity index (χ3v) is 8.62. The van der Waals surface area contributed by atoms with Gasteiger partial charge in [-0.05, 0) is 29.8 Å². The molecule has 15 heteroatoms. The van der Waals surface area contributed by atoms with Crippen LogP contribution in [0.1, 0.15) is 30.3 Å². The second-order valence-corrected chi connectivity index (χ2v) is 12.0. The van der Waals surface area contributed by atoms with Gasteiger partial charge < -0.3 is 10.6 Å². The van der Waals surface area contributed by atoms with Crippen molar-refractivity contribution in [1.82, 2.24) is 25.0 Å². The maximum Gasteiger partial charge on any atom is 0.249 e. The van der Waals surface area contributed by atoms with E-state index in [1.807, 2.05) is 6.07 Å². The lowest BCUT2D eigenvalue weighted by Gasteiger charge is -2.25. The first kappa shape index (κ1) is 26.2. The van der Waals surface area contributed by atoms with Gasteiger partial charge in [-0.2, -0.15) is 9.65 Å². The molecule has 10 nitrogen and oxygen atoms in total. The molecule has 1 aliphatic heterocycles. The van der Waals surface area contributed by atoms with Crippen molar-refractivity contribution in [2.45, 2.75) is 12.1 Å². The fourth-order valence-electron chi connectivity index (χ4n) is 4.49. The molecule has 0 amide bonds. The summed E-state index contributed by atoms with van der Waals surface area (Å²) in [4.78, 5) is 7.62. The van der Waals surface area contributed by atoms with Crippen molar-refractivity contribution >= 4 is 49.4 Å². The van der Waals surface area contributed by atoms with Crippen LogP contribution in [0.2, 0.25) is 5.02 Å². The first-order valence-corrected chi connectivity index (χ1v) is 14.4. The predicted octanol–water partition coefficient (Wildman–Crippen LogP) is 5.08. The minimum absolute atomic E-state index is 0.0492. The van der Waals surface area contributed by atoms with Crippen LogP contribution in [-0.4, -0.2) is 44.9 Å². The number of nitrogens with zero attached hydrogens (tertiary/aromatic N) is 6. The van der Waals surface area contributed by atoms with Crippen LogP contribution in [0.4, 0.5) is 30.2 Å². The highest BCUT2D eigenvalue weighted by Crippen LogP contribution is 2.37. The number of fused-ring (bicyclic) bond motifs is 1. The first-order chi connectivity index (χ1) is 20.5. The van der Waals surface area contributed by atoms with Gasteiger partial charge in [-0.1, -0.05) is 28.9 Å². The Morgan fingerprint density at radius 3 is 2.55 bits per heavy atom. The van der Waals surface area contributed by atoms with E-state index in [-0.39, 0.29) is 55.9 Å². The van der Waals surface area contributed by atoms with E-state index in [1.54, 1.807) is 6.07 Å². The van der Waals surface area contributed by atoms with Gasteiger partial charge in [0.15, 0.2) is 15.7 Å². The van der Waals surface area contributed by atoms with Crippen LogP contribution < -0.4 is 10.6 Å². The highest BCUT2D eigenvalue weighted by molar-refractivity contribution is 7.92. The number of hydrogen-bond acceptors (Lipinski definition) is 9. The number of aromatic nitrogens is 5. The van der Waals surface area contributed by atoms with Crippen molar-refractivity contribution in [3.05, 3.63) is 100 Å². The molecule has 2 aromatic carbocycles. The molecule has 4 heterocycles. The zero-order valence-electron chi connectivity index (χ0n) is 22.2. The van der Waals surface area contributed by atoms with Crippen molar-refractivity contribution in [3.8, 4) is 6.07 Å². The van der Waals surface area contributed by atoms with E-state index in [4.69, 9.17) is 11.6 Å². The largest absolute Gasteiger partial charge is 0.373 e. The number of halogens is 4. The molecule has 0 bridgehead atoms. The summed E-state index contributed by atoms with van der Waals surface area (Å²) in [5.74, 6) is -3.23. The fourth-order valence-corrected chi connectivity index (χ4v) is 6.14. The molecule has 0 aliphatic carbocycles. The summed E-state index contributed by atoms with van der Waals surface area (Å²) >= 11 is 6.58. The summed E-state index contributed by atoms with van der Waals surface area (Å²) in [5, 5.41) is 24.3. The molecular weight excluding hydrogens is 593 g/mol. The molecular formula is C27H18ClF3N8O2S. The van der Waals surface area contributed by atoms with Gasteiger partial charge >= 0.3 is 0 Å². The van der Waals surface area contributed by atoms with Gasteiger partial charge in [0.25, 0.3) is 0 Å². The van der Waals surface area contributed by atoms with Gasteiger partial charge in [0.1, 0.15) is 17.6 Å². The van der Waals surface area contributed by atoms with E-state index in [9.17, 15) is 28.2 Å². The molecule has 1 aliphatic rings. The Labute approximate surface area is 243 Å². The summed E-state index contributed by atoms with van der Waals surface area (Å²) < 4.78 is 75.4. The summed E-state index contributed by atoms with van der Waals surface area (Å²) in [6.45, 7) is 0. The molecule has 42 heavy (non-hydrogen) atoms. The van der Waals surface area contributed by atoms with E-state index < -0.39 is 39.5 Å². The average molecular weight is 612 g/mol. The van der Waals surface area contributed by atoms with E-state index in [2.05, 4.69) is 30.9 Å². The van der Waals surface area contributed by atoms with Gasteiger partial charge in [-0.15, -0.1) is 5.10 Å². The van der Waals surface area contributed by atoms with Crippen LogP contribution in [-0.2, 0) is 9.84 Å². The molecule has 3 aromatic heterocycles. The molecule has 2 N–H and O–H groups in total. The van der Waals surface area contributed by atoms with Gasteiger partial charge in [-0.3, -0.25) is 4.98 Å².